The smallest absolute Gasteiger partial charge is 0.389 e. The second-order valence-corrected chi connectivity index (χ2v) is 8.83. The second kappa shape index (κ2) is 6.43. The van der Waals surface area contributed by atoms with Crippen LogP contribution in [0.3, 0.4) is 0 Å². The molecule has 0 saturated heterocycles. The van der Waals surface area contributed by atoms with E-state index >= 15 is 0 Å². The van der Waals surface area contributed by atoms with Crippen LogP contribution in [0.1, 0.15) is 50.0 Å². The SMILES string of the molecule is O=C(/C=C/c1ccc(Cn2ccc([N+](=O)[O-])n2)o1)C12CC3CC(CC(C3)C1)C2. The van der Waals surface area contributed by atoms with Gasteiger partial charge in [0, 0.05) is 5.41 Å². The van der Waals surface area contributed by atoms with Crippen LogP contribution in [0, 0.1) is 33.3 Å². The van der Waals surface area contributed by atoms with E-state index in [9.17, 15) is 14.9 Å². The van der Waals surface area contributed by atoms with Gasteiger partial charge in [0.25, 0.3) is 0 Å². The Morgan fingerprint density at radius 2 is 1.89 bits per heavy atom. The van der Waals surface area contributed by atoms with E-state index in [0.717, 1.165) is 37.0 Å². The van der Waals surface area contributed by atoms with E-state index in [1.807, 2.05) is 12.1 Å². The normalized spacial score (nSPS) is 30.9. The summed E-state index contributed by atoms with van der Waals surface area (Å²) in [5, 5.41) is 14.6. The summed E-state index contributed by atoms with van der Waals surface area (Å²) in [4.78, 5) is 23.2. The summed E-state index contributed by atoms with van der Waals surface area (Å²) in [6.07, 6.45) is 12.2. The maximum absolute atomic E-state index is 13.0. The van der Waals surface area contributed by atoms with Gasteiger partial charge in [-0.2, -0.15) is 4.68 Å². The number of rotatable bonds is 6. The van der Waals surface area contributed by atoms with E-state index in [1.54, 1.807) is 18.3 Å². The zero-order valence-corrected chi connectivity index (χ0v) is 15.6. The van der Waals surface area contributed by atoms with Gasteiger partial charge in [-0.15, -0.1) is 0 Å². The quantitative estimate of drug-likeness (QED) is 0.424. The Morgan fingerprint density at radius 3 is 2.50 bits per heavy atom. The summed E-state index contributed by atoms with van der Waals surface area (Å²) in [5.41, 5.74) is -0.130. The molecule has 7 nitrogen and oxygen atoms in total. The number of aromatic nitrogens is 2. The van der Waals surface area contributed by atoms with E-state index in [1.165, 1.54) is 30.0 Å². The molecule has 2 heterocycles. The minimum atomic E-state index is -0.525. The molecule has 4 fully saturated rings. The summed E-state index contributed by atoms with van der Waals surface area (Å²) in [7, 11) is 0. The third-order valence-corrected chi connectivity index (χ3v) is 6.77. The minimum Gasteiger partial charge on any atom is -0.460 e. The van der Waals surface area contributed by atoms with Crippen molar-refractivity contribution < 1.29 is 14.1 Å². The van der Waals surface area contributed by atoms with Gasteiger partial charge in [0.05, 0.1) is 17.4 Å². The molecule has 0 atom stereocenters. The average molecular weight is 381 g/mol. The van der Waals surface area contributed by atoms with Crippen LogP contribution < -0.4 is 0 Å². The molecule has 4 bridgehead atoms. The summed E-state index contributed by atoms with van der Waals surface area (Å²) in [6, 6.07) is 4.98. The standard InChI is InChI=1S/C21H23N3O4/c25-19(21-10-14-7-15(11-21)9-16(8-14)12-21)4-3-17-1-2-18(28-17)13-23-6-5-20(22-23)24(26)27/h1-6,14-16H,7-13H2/b4-3+. The Kier molecular flexibility index (Phi) is 4.00. The van der Waals surface area contributed by atoms with Gasteiger partial charge >= 0.3 is 5.82 Å². The molecular weight excluding hydrogens is 358 g/mol. The van der Waals surface area contributed by atoms with Gasteiger partial charge in [-0.25, -0.2) is 0 Å². The zero-order chi connectivity index (χ0) is 19.3. The lowest BCUT2D eigenvalue weighted by Gasteiger charge is -2.55. The molecule has 0 N–H and O–H groups in total. The fourth-order valence-electron chi connectivity index (χ4n) is 6.01. The third-order valence-electron chi connectivity index (χ3n) is 6.77. The largest absolute Gasteiger partial charge is 0.460 e. The van der Waals surface area contributed by atoms with Crippen LogP contribution in [-0.2, 0) is 11.3 Å². The van der Waals surface area contributed by atoms with Crippen LogP contribution in [0.5, 0.6) is 0 Å². The molecular formula is C21H23N3O4. The molecule has 0 aliphatic heterocycles. The van der Waals surface area contributed by atoms with Crippen molar-refractivity contribution >= 4 is 17.7 Å². The van der Waals surface area contributed by atoms with Crippen molar-refractivity contribution in [1.82, 2.24) is 9.78 Å². The van der Waals surface area contributed by atoms with Crippen molar-refractivity contribution in [3.63, 3.8) is 0 Å². The fourth-order valence-corrected chi connectivity index (χ4v) is 6.01. The number of hydrogen-bond acceptors (Lipinski definition) is 5. The first kappa shape index (κ1) is 17.4. The summed E-state index contributed by atoms with van der Waals surface area (Å²) in [6.45, 7) is 0.310. The molecule has 7 heteroatoms. The van der Waals surface area contributed by atoms with Gasteiger partial charge in [-0.3, -0.25) is 4.79 Å². The van der Waals surface area contributed by atoms with Crippen molar-refractivity contribution in [3.8, 4) is 0 Å². The number of furan rings is 1. The number of carbonyl (C=O) groups excluding carboxylic acids is 1. The predicted molar refractivity (Wildman–Crippen MR) is 101 cm³/mol. The molecule has 2 aromatic rings. The molecule has 2 aromatic heterocycles. The van der Waals surface area contributed by atoms with Crippen LogP contribution in [-0.4, -0.2) is 20.5 Å². The maximum atomic E-state index is 13.0. The summed E-state index contributed by atoms with van der Waals surface area (Å²) in [5.74, 6) is 3.57. The van der Waals surface area contributed by atoms with Crippen molar-refractivity contribution in [3.05, 3.63) is 52.1 Å². The minimum absolute atomic E-state index is 0.130. The van der Waals surface area contributed by atoms with Gasteiger partial charge < -0.3 is 14.5 Å². The Bertz CT molecular complexity index is 919. The van der Waals surface area contributed by atoms with Crippen molar-refractivity contribution in [2.75, 3.05) is 0 Å². The molecule has 0 spiro atoms. The van der Waals surface area contributed by atoms with E-state index in [-0.39, 0.29) is 17.0 Å². The lowest BCUT2D eigenvalue weighted by molar-refractivity contribution is -0.389. The zero-order valence-electron chi connectivity index (χ0n) is 15.6. The molecule has 0 unspecified atom stereocenters. The molecule has 146 valence electrons. The number of allylic oxidation sites excluding steroid dienone is 1. The van der Waals surface area contributed by atoms with Crippen LogP contribution in [0.2, 0.25) is 0 Å². The highest BCUT2D eigenvalue weighted by Gasteiger charge is 2.53. The second-order valence-electron chi connectivity index (χ2n) is 8.83. The molecule has 0 radical (unpaired) electrons. The molecule has 0 amide bonds. The highest BCUT2D eigenvalue weighted by molar-refractivity contribution is 5.98. The first-order valence-electron chi connectivity index (χ1n) is 9.98. The van der Waals surface area contributed by atoms with E-state index in [2.05, 4.69) is 5.10 Å². The lowest BCUT2D eigenvalue weighted by atomic mass is 9.48. The first-order chi connectivity index (χ1) is 13.5. The van der Waals surface area contributed by atoms with Crippen LogP contribution in [0.15, 0.2) is 34.9 Å². The maximum Gasteiger partial charge on any atom is 0.389 e. The third kappa shape index (κ3) is 3.08. The Balaban J connectivity index is 1.26. The van der Waals surface area contributed by atoms with Gasteiger partial charge in [-0.1, -0.05) is 0 Å². The summed E-state index contributed by atoms with van der Waals surface area (Å²) < 4.78 is 7.22. The van der Waals surface area contributed by atoms with Crippen molar-refractivity contribution in [2.24, 2.45) is 23.2 Å². The number of carbonyl (C=O) groups is 1. The highest BCUT2D eigenvalue weighted by atomic mass is 16.6. The lowest BCUT2D eigenvalue weighted by Crippen LogP contribution is -2.49. The van der Waals surface area contributed by atoms with E-state index in [0.29, 0.717) is 18.1 Å². The topological polar surface area (TPSA) is 91.2 Å². The molecule has 4 aliphatic carbocycles. The van der Waals surface area contributed by atoms with Crippen molar-refractivity contribution in [2.45, 2.75) is 45.1 Å². The van der Waals surface area contributed by atoms with Crippen LogP contribution in [0.4, 0.5) is 5.82 Å². The average Bonchev–Trinajstić information content (AvgIpc) is 3.28. The molecule has 0 aromatic carbocycles. The summed E-state index contributed by atoms with van der Waals surface area (Å²) >= 11 is 0. The molecule has 6 rings (SSSR count). The Hall–Kier alpha value is -2.70. The van der Waals surface area contributed by atoms with Crippen LogP contribution in [0.25, 0.3) is 6.08 Å². The molecule has 4 saturated carbocycles. The van der Waals surface area contributed by atoms with Crippen molar-refractivity contribution in [1.29, 1.82) is 0 Å². The fraction of sp³-hybridized carbons (Fsp3) is 0.524. The number of hydrogen-bond donors (Lipinski definition) is 0. The Morgan fingerprint density at radius 1 is 1.21 bits per heavy atom. The van der Waals surface area contributed by atoms with Gasteiger partial charge in [0.1, 0.15) is 18.1 Å². The monoisotopic (exact) mass is 381 g/mol. The van der Waals surface area contributed by atoms with Crippen LogP contribution >= 0.6 is 0 Å². The number of nitrogens with zero attached hydrogens (tertiary/aromatic N) is 3. The number of nitro groups is 1. The molecule has 4 aliphatic rings. The predicted octanol–water partition coefficient (Wildman–Crippen LogP) is 4.23. The van der Waals surface area contributed by atoms with E-state index < -0.39 is 4.92 Å². The Labute approximate surface area is 162 Å². The highest BCUT2D eigenvalue weighted by Crippen LogP contribution is 2.60. The van der Waals surface area contributed by atoms with Gasteiger partial charge in [0.15, 0.2) is 5.78 Å². The van der Waals surface area contributed by atoms with Gasteiger partial charge in [0.2, 0.25) is 0 Å². The van der Waals surface area contributed by atoms with E-state index in [4.69, 9.17) is 4.42 Å². The number of ketones is 1. The molecule has 28 heavy (non-hydrogen) atoms. The first-order valence-corrected chi connectivity index (χ1v) is 9.98. The van der Waals surface area contributed by atoms with Gasteiger partial charge in [-0.05, 0) is 85.5 Å².